The average Bonchev–Trinajstić information content (AvgIpc) is 2.83. The molecule has 1 heterocycles. The lowest BCUT2D eigenvalue weighted by atomic mass is 10.1. The first-order chi connectivity index (χ1) is 8.56. The summed E-state index contributed by atoms with van der Waals surface area (Å²) < 4.78 is 16.2. The lowest BCUT2D eigenvalue weighted by Crippen LogP contribution is -2.05. The number of H-pyrrole nitrogens is 1. The van der Waals surface area contributed by atoms with Crippen LogP contribution in [0.25, 0.3) is 11.0 Å². The number of halogens is 2. The molecular formula is C13H14ClFN2S. The van der Waals surface area contributed by atoms with E-state index in [9.17, 15) is 4.39 Å². The van der Waals surface area contributed by atoms with Crippen molar-refractivity contribution in [2.24, 2.45) is 5.92 Å². The van der Waals surface area contributed by atoms with Crippen molar-refractivity contribution in [3.63, 3.8) is 0 Å². The normalized spacial score (nSPS) is 23.9. The molecule has 5 heteroatoms. The van der Waals surface area contributed by atoms with Crippen molar-refractivity contribution in [3.8, 4) is 0 Å². The van der Waals surface area contributed by atoms with Crippen LogP contribution in [0.15, 0.2) is 12.1 Å². The first kappa shape index (κ1) is 12.2. The van der Waals surface area contributed by atoms with Gasteiger partial charge < -0.3 is 9.55 Å². The quantitative estimate of drug-likeness (QED) is 0.742. The zero-order valence-corrected chi connectivity index (χ0v) is 11.6. The third kappa shape index (κ3) is 1.88. The average molecular weight is 285 g/mol. The Morgan fingerprint density at radius 1 is 1.44 bits per heavy atom. The van der Waals surface area contributed by atoms with Crippen LogP contribution in [0.5, 0.6) is 0 Å². The summed E-state index contributed by atoms with van der Waals surface area (Å²) in [7, 11) is 0. The molecule has 1 saturated carbocycles. The minimum absolute atomic E-state index is 0.149. The van der Waals surface area contributed by atoms with E-state index in [1.54, 1.807) is 6.07 Å². The van der Waals surface area contributed by atoms with Crippen LogP contribution in [0.2, 0.25) is 5.02 Å². The molecule has 0 bridgehead atoms. The van der Waals surface area contributed by atoms with Gasteiger partial charge in [0.25, 0.3) is 0 Å². The van der Waals surface area contributed by atoms with Crippen molar-refractivity contribution in [2.75, 3.05) is 0 Å². The van der Waals surface area contributed by atoms with Gasteiger partial charge in [0, 0.05) is 12.1 Å². The minimum atomic E-state index is -0.410. The predicted octanol–water partition coefficient (Wildman–Crippen LogP) is 4.85. The Balaban J connectivity index is 2.19. The van der Waals surface area contributed by atoms with Gasteiger partial charge in [-0.3, -0.25) is 0 Å². The smallest absolute Gasteiger partial charge is 0.178 e. The second kappa shape index (κ2) is 4.35. The van der Waals surface area contributed by atoms with Gasteiger partial charge in [0.1, 0.15) is 5.82 Å². The number of rotatable bonds is 1. The standard InChI is InChI=1S/C13H14ClFN2S/c1-7-2-3-8(4-7)17-12-5-9(14)10(15)6-11(12)16-13(17)18/h5-8H,2-4H2,1H3,(H,16,18). The topological polar surface area (TPSA) is 20.7 Å². The van der Waals surface area contributed by atoms with Gasteiger partial charge in [-0.05, 0) is 43.5 Å². The highest BCUT2D eigenvalue weighted by Gasteiger charge is 2.25. The molecule has 0 aliphatic heterocycles. The molecule has 1 aliphatic rings. The fraction of sp³-hybridized carbons (Fsp3) is 0.462. The molecular weight excluding hydrogens is 271 g/mol. The van der Waals surface area contributed by atoms with Gasteiger partial charge in [0.05, 0.1) is 16.1 Å². The van der Waals surface area contributed by atoms with E-state index in [1.165, 1.54) is 12.5 Å². The molecule has 1 fully saturated rings. The molecule has 2 nitrogen and oxygen atoms in total. The van der Waals surface area contributed by atoms with Gasteiger partial charge in [0.15, 0.2) is 4.77 Å². The van der Waals surface area contributed by atoms with Gasteiger partial charge in [-0.1, -0.05) is 18.5 Å². The lowest BCUT2D eigenvalue weighted by molar-refractivity contribution is 0.500. The molecule has 1 aromatic carbocycles. The number of aromatic amines is 1. The summed E-state index contributed by atoms with van der Waals surface area (Å²) in [5.41, 5.74) is 1.63. The van der Waals surface area contributed by atoms with Crippen LogP contribution >= 0.6 is 23.8 Å². The largest absolute Gasteiger partial charge is 0.330 e. The molecule has 18 heavy (non-hydrogen) atoms. The molecule has 3 rings (SSSR count). The molecule has 2 atom stereocenters. The molecule has 1 N–H and O–H groups in total. The number of hydrogen-bond donors (Lipinski definition) is 1. The number of aromatic nitrogens is 2. The highest BCUT2D eigenvalue weighted by Crippen LogP contribution is 2.37. The van der Waals surface area contributed by atoms with Crippen molar-refractivity contribution < 1.29 is 4.39 Å². The zero-order chi connectivity index (χ0) is 12.9. The van der Waals surface area contributed by atoms with E-state index >= 15 is 0 Å². The van der Waals surface area contributed by atoms with E-state index in [0.717, 1.165) is 29.8 Å². The van der Waals surface area contributed by atoms with Crippen LogP contribution in [0.3, 0.4) is 0 Å². The van der Waals surface area contributed by atoms with E-state index < -0.39 is 5.82 Å². The Morgan fingerprint density at radius 3 is 2.89 bits per heavy atom. The van der Waals surface area contributed by atoms with Gasteiger partial charge >= 0.3 is 0 Å². The Hall–Kier alpha value is -0.870. The predicted molar refractivity (Wildman–Crippen MR) is 74.1 cm³/mol. The molecule has 96 valence electrons. The van der Waals surface area contributed by atoms with Gasteiger partial charge in [-0.2, -0.15) is 0 Å². The Kier molecular flexibility index (Phi) is 2.94. The number of imidazole rings is 1. The summed E-state index contributed by atoms with van der Waals surface area (Å²) >= 11 is 11.2. The highest BCUT2D eigenvalue weighted by atomic mass is 35.5. The molecule has 0 saturated heterocycles. The van der Waals surface area contributed by atoms with Crippen LogP contribution in [-0.2, 0) is 0 Å². The fourth-order valence-electron chi connectivity index (χ4n) is 2.89. The maximum atomic E-state index is 13.4. The molecule has 0 radical (unpaired) electrons. The monoisotopic (exact) mass is 284 g/mol. The maximum Gasteiger partial charge on any atom is 0.178 e. The Bertz CT molecular complexity index is 661. The molecule has 1 aliphatic carbocycles. The summed E-state index contributed by atoms with van der Waals surface area (Å²) in [6.07, 6.45) is 3.46. The number of nitrogens with zero attached hydrogens (tertiary/aromatic N) is 1. The first-order valence-electron chi connectivity index (χ1n) is 6.15. The van der Waals surface area contributed by atoms with E-state index in [2.05, 4.69) is 16.5 Å². The molecule has 2 unspecified atom stereocenters. The lowest BCUT2D eigenvalue weighted by Gasteiger charge is -2.13. The van der Waals surface area contributed by atoms with Crippen LogP contribution < -0.4 is 0 Å². The van der Waals surface area contributed by atoms with E-state index in [1.807, 2.05) is 0 Å². The summed E-state index contributed by atoms with van der Waals surface area (Å²) in [6, 6.07) is 3.49. The second-order valence-electron chi connectivity index (χ2n) is 5.16. The molecule has 2 aromatic rings. The summed E-state index contributed by atoms with van der Waals surface area (Å²) in [5.74, 6) is 0.310. The number of hydrogen-bond acceptors (Lipinski definition) is 1. The number of fused-ring (bicyclic) bond motifs is 1. The fourth-order valence-corrected chi connectivity index (χ4v) is 3.41. The number of nitrogens with one attached hydrogen (secondary N) is 1. The van der Waals surface area contributed by atoms with Crippen molar-refractivity contribution >= 4 is 34.9 Å². The minimum Gasteiger partial charge on any atom is -0.330 e. The molecule has 1 aromatic heterocycles. The van der Waals surface area contributed by atoms with Gasteiger partial charge in [-0.25, -0.2) is 4.39 Å². The first-order valence-corrected chi connectivity index (χ1v) is 6.94. The number of benzene rings is 1. The van der Waals surface area contributed by atoms with Crippen molar-refractivity contribution in [3.05, 3.63) is 27.7 Å². The van der Waals surface area contributed by atoms with Crippen LogP contribution in [-0.4, -0.2) is 9.55 Å². The summed E-state index contributed by atoms with van der Waals surface area (Å²) in [4.78, 5) is 3.07. The van der Waals surface area contributed by atoms with Gasteiger partial charge in [0.2, 0.25) is 0 Å². The maximum absolute atomic E-state index is 13.4. The van der Waals surface area contributed by atoms with Crippen molar-refractivity contribution in [1.82, 2.24) is 9.55 Å². The van der Waals surface area contributed by atoms with Crippen LogP contribution in [0.4, 0.5) is 4.39 Å². The van der Waals surface area contributed by atoms with E-state index in [4.69, 9.17) is 23.8 Å². The summed E-state index contributed by atoms with van der Waals surface area (Å²) in [6.45, 7) is 2.26. The zero-order valence-electron chi connectivity index (χ0n) is 10.0. The Labute approximate surface area is 115 Å². The van der Waals surface area contributed by atoms with E-state index in [-0.39, 0.29) is 5.02 Å². The second-order valence-corrected chi connectivity index (χ2v) is 5.95. The van der Waals surface area contributed by atoms with Crippen LogP contribution in [0.1, 0.15) is 32.2 Å². The van der Waals surface area contributed by atoms with Crippen molar-refractivity contribution in [1.29, 1.82) is 0 Å². The molecule has 0 amide bonds. The van der Waals surface area contributed by atoms with E-state index in [0.29, 0.717) is 10.8 Å². The highest BCUT2D eigenvalue weighted by molar-refractivity contribution is 7.71. The van der Waals surface area contributed by atoms with Crippen LogP contribution in [0, 0.1) is 16.5 Å². The van der Waals surface area contributed by atoms with Crippen molar-refractivity contribution in [2.45, 2.75) is 32.2 Å². The van der Waals surface area contributed by atoms with Gasteiger partial charge in [-0.15, -0.1) is 0 Å². The summed E-state index contributed by atoms with van der Waals surface area (Å²) in [5, 5.41) is 0.149. The SMILES string of the molecule is CC1CCC(n2c(=S)[nH]c3cc(F)c(Cl)cc32)C1. The Morgan fingerprint density at radius 2 is 2.22 bits per heavy atom. The third-order valence-corrected chi connectivity index (χ3v) is 4.38. The third-order valence-electron chi connectivity index (χ3n) is 3.79. The molecule has 0 spiro atoms.